The monoisotopic (exact) mass is 316 g/mol. The van der Waals surface area contributed by atoms with Crippen molar-refractivity contribution in [3.63, 3.8) is 0 Å². The molecule has 0 spiro atoms. The van der Waals surface area contributed by atoms with Crippen molar-refractivity contribution in [3.8, 4) is 11.3 Å². The summed E-state index contributed by atoms with van der Waals surface area (Å²) in [6.07, 6.45) is 2.82. The molecule has 0 atom stereocenters. The van der Waals surface area contributed by atoms with Gasteiger partial charge in [-0.05, 0) is 55.1 Å². The summed E-state index contributed by atoms with van der Waals surface area (Å²) in [5.41, 5.74) is 9.28. The molecule has 3 rings (SSSR count). The Morgan fingerprint density at radius 2 is 1.82 bits per heavy atom. The molecule has 0 aliphatic carbocycles. The highest BCUT2D eigenvalue weighted by molar-refractivity contribution is 6.30. The molecule has 2 aromatic carbocycles. The molecule has 0 aliphatic heterocycles. The molecule has 114 valence electrons. The van der Waals surface area contributed by atoms with Gasteiger partial charge in [0.1, 0.15) is 5.82 Å². The average Bonchev–Trinajstić information content (AvgIpc) is 2.89. The Hall–Kier alpha value is -1.84. The van der Waals surface area contributed by atoms with Crippen molar-refractivity contribution < 1.29 is 4.39 Å². The molecule has 0 radical (unpaired) electrons. The van der Waals surface area contributed by atoms with E-state index in [1.807, 2.05) is 30.3 Å². The van der Waals surface area contributed by atoms with Crippen LogP contribution in [0.5, 0.6) is 0 Å². The lowest BCUT2D eigenvalue weighted by Gasteiger charge is -2.05. The van der Waals surface area contributed by atoms with E-state index in [-0.39, 0.29) is 5.82 Å². The third kappa shape index (κ3) is 2.87. The van der Waals surface area contributed by atoms with Gasteiger partial charge in [-0.25, -0.2) is 4.39 Å². The molecular weight excluding hydrogens is 299 g/mol. The molecule has 0 amide bonds. The van der Waals surface area contributed by atoms with E-state index in [4.69, 9.17) is 17.3 Å². The minimum atomic E-state index is -0.224. The van der Waals surface area contributed by atoms with Crippen LogP contribution in [-0.4, -0.2) is 11.5 Å². The highest BCUT2D eigenvalue weighted by Gasteiger charge is 2.15. The van der Waals surface area contributed by atoms with Crippen molar-refractivity contribution in [1.29, 1.82) is 0 Å². The Morgan fingerprint density at radius 3 is 2.55 bits per heavy atom. The van der Waals surface area contributed by atoms with Gasteiger partial charge >= 0.3 is 0 Å². The number of halogens is 2. The third-order valence-corrected chi connectivity index (χ3v) is 4.16. The van der Waals surface area contributed by atoms with Crippen LogP contribution in [0.2, 0.25) is 5.02 Å². The van der Waals surface area contributed by atoms with Gasteiger partial charge in [0, 0.05) is 16.1 Å². The van der Waals surface area contributed by atoms with Gasteiger partial charge in [-0.3, -0.25) is 0 Å². The second-order valence-corrected chi connectivity index (χ2v) is 5.83. The zero-order chi connectivity index (χ0) is 15.5. The Labute approximate surface area is 134 Å². The summed E-state index contributed by atoms with van der Waals surface area (Å²) in [5.74, 6) is -0.224. The largest absolute Gasteiger partial charge is 0.352 e. The van der Waals surface area contributed by atoms with Gasteiger partial charge in [-0.2, -0.15) is 0 Å². The van der Waals surface area contributed by atoms with Crippen LogP contribution < -0.4 is 5.73 Å². The number of benzene rings is 2. The second-order valence-electron chi connectivity index (χ2n) is 5.39. The van der Waals surface area contributed by atoms with E-state index >= 15 is 0 Å². The maximum absolute atomic E-state index is 14.1. The van der Waals surface area contributed by atoms with Crippen molar-refractivity contribution in [3.05, 3.63) is 58.9 Å². The predicted molar refractivity (Wildman–Crippen MR) is 90.7 cm³/mol. The van der Waals surface area contributed by atoms with Crippen LogP contribution in [0.3, 0.4) is 0 Å². The number of aryl methyl sites for hydroxylation is 1. The lowest BCUT2D eigenvalue weighted by molar-refractivity contribution is 0.637. The smallest absolute Gasteiger partial charge is 0.147 e. The van der Waals surface area contributed by atoms with Crippen LogP contribution in [0.1, 0.15) is 18.4 Å². The second kappa shape index (κ2) is 6.51. The number of fused-ring (bicyclic) bond motifs is 1. The summed E-state index contributed by atoms with van der Waals surface area (Å²) in [4.78, 5) is 3.25. The number of hydrogen-bond acceptors (Lipinski definition) is 1. The van der Waals surface area contributed by atoms with Gasteiger partial charge in [-0.1, -0.05) is 35.9 Å². The average molecular weight is 317 g/mol. The Bertz CT molecular complexity index is 778. The molecule has 1 aromatic heterocycles. The van der Waals surface area contributed by atoms with Crippen molar-refractivity contribution >= 4 is 22.5 Å². The lowest BCUT2D eigenvalue weighted by atomic mass is 10.0. The van der Waals surface area contributed by atoms with Crippen LogP contribution in [0.4, 0.5) is 4.39 Å². The molecular formula is C18H18ClFN2. The molecule has 0 unspecified atom stereocenters. The number of rotatable bonds is 5. The molecule has 0 aliphatic rings. The zero-order valence-corrected chi connectivity index (χ0v) is 13.0. The summed E-state index contributed by atoms with van der Waals surface area (Å²) in [6.45, 7) is 0.674. The first kappa shape index (κ1) is 15.1. The van der Waals surface area contributed by atoms with Crippen molar-refractivity contribution in [1.82, 2.24) is 4.98 Å². The molecule has 0 saturated heterocycles. The Kier molecular flexibility index (Phi) is 4.46. The van der Waals surface area contributed by atoms with Gasteiger partial charge < -0.3 is 10.7 Å². The number of nitrogens with two attached hydrogens (primary N) is 1. The lowest BCUT2D eigenvalue weighted by Crippen LogP contribution is -1.99. The Balaban J connectivity index is 2.12. The number of aromatic amines is 1. The van der Waals surface area contributed by atoms with Gasteiger partial charge in [0.05, 0.1) is 5.52 Å². The number of unbranched alkanes of at least 4 members (excludes halogenated alkanes) is 1. The molecule has 1 heterocycles. The number of hydrogen-bond donors (Lipinski definition) is 2. The van der Waals surface area contributed by atoms with E-state index in [0.29, 0.717) is 17.1 Å². The normalized spacial score (nSPS) is 11.2. The first-order valence-corrected chi connectivity index (χ1v) is 7.83. The maximum Gasteiger partial charge on any atom is 0.147 e. The van der Waals surface area contributed by atoms with Gasteiger partial charge in [-0.15, -0.1) is 0 Å². The first-order chi connectivity index (χ1) is 10.7. The Morgan fingerprint density at radius 1 is 1.05 bits per heavy atom. The topological polar surface area (TPSA) is 41.8 Å². The van der Waals surface area contributed by atoms with E-state index in [2.05, 4.69) is 4.98 Å². The highest BCUT2D eigenvalue weighted by Crippen LogP contribution is 2.33. The molecule has 0 bridgehead atoms. The van der Waals surface area contributed by atoms with Crippen LogP contribution in [0, 0.1) is 5.82 Å². The first-order valence-electron chi connectivity index (χ1n) is 7.46. The molecule has 2 nitrogen and oxygen atoms in total. The fourth-order valence-electron chi connectivity index (χ4n) is 2.81. The summed E-state index contributed by atoms with van der Waals surface area (Å²) in [5, 5.41) is 1.64. The van der Waals surface area contributed by atoms with Gasteiger partial charge in [0.25, 0.3) is 0 Å². The molecule has 3 aromatic rings. The van der Waals surface area contributed by atoms with Crippen molar-refractivity contribution in [2.75, 3.05) is 6.54 Å². The van der Waals surface area contributed by atoms with Gasteiger partial charge in [0.15, 0.2) is 0 Å². The summed E-state index contributed by atoms with van der Waals surface area (Å²) < 4.78 is 14.1. The molecule has 3 N–H and O–H groups in total. The highest BCUT2D eigenvalue weighted by atomic mass is 35.5. The van der Waals surface area contributed by atoms with Crippen LogP contribution in [0.25, 0.3) is 22.2 Å². The minimum absolute atomic E-state index is 0.224. The van der Waals surface area contributed by atoms with E-state index in [1.165, 1.54) is 6.07 Å². The fraction of sp³-hybridized carbons (Fsp3) is 0.222. The summed E-state index contributed by atoms with van der Waals surface area (Å²) >= 11 is 5.96. The van der Waals surface area contributed by atoms with Crippen molar-refractivity contribution in [2.24, 2.45) is 5.73 Å². The van der Waals surface area contributed by atoms with Crippen molar-refractivity contribution in [2.45, 2.75) is 19.3 Å². The molecule has 0 saturated carbocycles. The number of nitrogens with one attached hydrogen (secondary N) is 1. The molecule has 0 fully saturated rings. The number of H-pyrrole nitrogens is 1. The fourth-order valence-corrected chi connectivity index (χ4v) is 2.93. The standard InChI is InChI=1S/C18H18ClFN2/c19-13-9-7-12(8-10-13)17-14(4-1-2-11-21)15-5-3-6-16(20)18(15)22-17/h3,5-10,22H,1-2,4,11,21H2. The molecule has 22 heavy (non-hydrogen) atoms. The molecule has 4 heteroatoms. The van der Waals surface area contributed by atoms with Gasteiger partial charge in [0.2, 0.25) is 0 Å². The van der Waals surface area contributed by atoms with E-state index < -0.39 is 0 Å². The SMILES string of the molecule is NCCCCc1c(-c2ccc(Cl)cc2)[nH]c2c(F)cccc12. The van der Waals surface area contributed by atoms with E-state index in [0.717, 1.165) is 41.5 Å². The van der Waals surface area contributed by atoms with E-state index in [9.17, 15) is 4.39 Å². The van der Waals surface area contributed by atoms with Crippen LogP contribution in [0.15, 0.2) is 42.5 Å². The van der Waals surface area contributed by atoms with Crippen LogP contribution >= 0.6 is 11.6 Å². The number of aromatic nitrogens is 1. The summed E-state index contributed by atoms with van der Waals surface area (Å²) in [7, 11) is 0. The quantitative estimate of drug-likeness (QED) is 0.645. The zero-order valence-electron chi connectivity index (χ0n) is 12.2. The van der Waals surface area contributed by atoms with E-state index in [1.54, 1.807) is 6.07 Å². The maximum atomic E-state index is 14.1. The predicted octanol–water partition coefficient (Wildman–Crippen LogP) is 4.91. The summed E-state index contributed by atoms with van der Waals surface area (Å²) in [6, 6.07) is 12.8. The minimum Gasteiger partial charge on any atom is -0.352 e. The van der Waals surface area contributed by atoms with Crippen LogP contribution in [-0.2, 0) is 6.42 Å². The number of para-hydroxylation sites is 1. The third-order valence-electron chi connectivity index (χ3n) is 3.90.